The molecule has 1 atom stereocenters. The van der Waals surface area contributed by atoms with E-state index in [1.807, 2.05) is 17.3 Å². The van der Waals surface area contributed by atoms with Crippen LogP contribution in [0.15, 0.2) is 48.8 Å². The van der Waals surface area contributed by atoms with E-state index < -0.39 is 0 Å². The molecule has 1 spiro atoms. The molecule has 1 amide bonds. The van der Waals surface area contributed by atoms with E-state index >= 15 is 0 Å². The number of likely N-dealkylation sites (tertiary alicyclic amines) is 1. The fourth-order valence-corrected chi connectivity index (χ4v) is 5.48. The number of hydrogen-bond donors (Lipinski definition) is 0. The zero-order valence-corrected chi connectivity index (χ0v) is 17.8. The summed E-state index contributed by atoms with van der Waals surface area (Å²) in [4.78, 5) is 21.5. The SMILES string of the molecule is CCN(CC)C(=O)C[C@H]1CC2(CCN(Cc3ccncc3)CC2)c2ccccc21. The average Bonchev–Trinajstić information content (AvgIpc) is 3.05. The number of nitrogens with zero attached hydrogens (tertiary/aromatic N) is 3. The molecule has 4 rings (SSSR count). The molecule has 0 radical (unpaired) electrons. The van der Waals surface area contributed by atoms with Gasteiger partial charge in [0.25, 0.3) is 0 Å². The van der Waals surface area contributed by atoms with Gasteiger partial charge in [-0.05, 0) is 86.4 Å². The van der Waals surface area contributed by atoms with Crippen molar-refractivity contribution in [2.75, 3.05) is 26.2 Å². The molecule has 1 aromatic carbocycles. The van der Waals surface area contributed by atoms with Crippen molar-refractivity contribution in [3.8, 4) is 0 Å². The van der Waals surface area contributed by atoms with E-state index in [-0.39, 0.29) is 5.41 Å². The van der Waals surface area contributed by atoms with Crippen LogP contribution in [-0.2, 0) is 16.8 Å². The lowest BCUT2D eigenvalue weighted by atomic mass is 9.73. The van der Waals surface area contributed by atoms with Gasteiger partial charge >= 0.3 is 0 Å². The number of aromatic nitrogens is 1. The van der Waals surface area contributed by atoms with Gasteiger partial charge in [0, 0.05) is 38.4 Å². The Kier molecular flexibility index (Phi) is 6.00. The maximum atomic E-state index is 12.8. The minimum absolute atomic E-state index is 0.250. The van der Waals surface area contributed by atoms with E-state index in [1.54, 1.807) is 0 Å². The van der Waals surface area contributed by atoms with Gasteiger partial charge in [0.2, 0.25) is 5.91 Å². The number of carbonyl (C=O) groups is 1. The summed E-state index contributed by atoms with van der Waals surface area (Å²) in [5.74, 6) is 0.674. The lowest BCUT2D eigenvalue weighted by molar-refractivity contribution is -0.131. The van der Waals surface area contributed by atoms with Crippen molar-refractivity contribution in [3.05, 3.63) is 65.5 Å². The van der Waals surface area contributed by atoms with Gasteiger partial charge in [-0.3, -0.25) is 14.7 Å². The Balaban J connectivity index is 1.47. The van der Waals surface area contributed by atoms with Gasteiger partial charge in [0.05, 0.1) is 0 Å². The molecule has 2 heterocycles. The Bertz CT molecular complexity index is 823. The van der Waals surface area contributed by atoms with Gasteiger partial charge < -0.3 is 4.90 Å². The van der Waals surface area contributed by atoms with Crippen molar-refractivity contribution in [3.63, 3.8) is 0 Å². The average molecular weight is 392 g/mol. The molecule has 2 aliphatic rings. The van der Waals surface area contributed by atoms with Crippen LogP contribution < -0.4 is 0 Å². The standard InChI is InChI=1S/C25H33N3O/c1-3-28(4-2)24(29)17-21-18-25(23-8-6-5-7-22(21)23)11-15-27(16-12-25)19-20-9-13-26-14-10-20/h5-10,13-14,21H,3-4,11-12,15-19H2,1-2H3/t21-/m0/s1. The number of hydrogen-bond acceptors (Lipinski definition) is 3. The van der Waals surface area contributed by atoms with Crippen molar-refractivity contribution in [2.45, 2.75) is 57.4 Å². The number of benzene rings is 1. The number of piperidine rings is 1. The lowest BCUT2D eigenvalue weighted by Crippen LogP contribution is -2.41. The van der Waals surface area contributed by atoms with Gasteiger partial charge in [-0.1, -0.05) is 24.3 Å². The highest BCUT2D eigenvalue weighted by Gasteiger charge is 2.45. The van der Waals surface area contributed by atoms with Crippen LogP contribution in [0.5, 0.6) is 0 Å². The quantitative estimate of drug-likeness (QED) is 0.734. The molecule has 2 aromatic rings. The Hall–Kier alpha value is -2.20. The Labute approximate surface area is 174 Å². The summed E-state index contributed by atoms with van der Waals surface area (Å²) >= 11 is 0. The summed E-state index contributed by atoms with van der Waals surface area (Å²) in [6, 6.07) is 13.2. The molecule has 4 heteroatoms. The number of pyridine rings is 1. The molecule has 154 valence electrons. The maximum absolute atomic E-state index is 12.8. The molecule has 1 fully saturated rings. The predicted molar refractivity (Wildman–Crippen MR) is 117 cm³/mol. The molecule has 1 aliphatic heterocycles. The van der Waals surface area contributed by atoms with Crippen LogP contribution in [0.2, 0.25) is 0 Å². The van der Waals surface area contributed by atoms with Crippen LogP contribution in [0, 0.1) is 0 Å². The Morgan fingerprint density at radius 3 is 2.48 bits per heavy atom. The molecule has 0 N–H and O–H groups in total. The summed E-state index contributed by atoms with van der Waals surface area (Å²) in [7, 11) is 0. The predicted octanol–water partition coefficient (Wildman–Crippen LogP) is 4.36. The molecule has 0 unspecified atom stereocenters. The van der Waals surface area contributed by atoms with Gasteiger partial charge in [-0.15, -0.1) is 0 Å². The van der Waals surface area contributed by atoms with Crippen LogP contribution in [-0.4, -0.2) is 46.9 Å². The van der Waals surface area contributed by atoms with Crippen LogP contribution >= 0.6 is 0 Å². The molecule has 0 bridgehead atoms. The number of amides is 1. The largest absolute Gasteiger partial charge is 0.343 e. The van der Waals surface area contributed by atoms with Crippen LogP contribution in [0.25, 0.3) is 0 Å². The van der Waals surface area contributed by atoms with Crippen molar-refractivity contribution in [1.82, 2.24) is 14.8 Å². The maximum Gasteiger partial charge on any atom is 0.223 e. The van der Waals surface area contributed by atoms with Crippen molar-refractivity contribution < 1.29 is 4.79 Å². The molecule has 1 aromatic heterocycles. The fourth-order valence-electron chi connectivity index (χ4n) is 5.48. The smallest absolute Gasteiger partial charge is 0.223 e. The Morgan fingerprint density at radius 1 is 1.10 bits per heavy atom. The van der Waals surface area contributed by atoms with E-state index in [1.165, 1.54) is 29.5 Å². The van der Waals surface area contributed by atoms with Gasteiger partial charge in [-0.2, -0.15) is 0 Å². The second-order valence-electron chi connectivity index (χ2n) is 8.67. The molecular weight excluding hydrogens is 358 g/mol. The minimum atomic E-state index is 0.250. The third kappa shape index (κ3) is 4.09. The van der Waals surface area contributed by atoms with Crippen molar-refractivity contribution in [1.29, 1.82) is 0 Å². The summed E-state index contributed by atoms with van der Waals surface area (Å²) in [5, 5.41) is 0. The second kappa shape index (κ2) is 8.66. The molecule has 4 nitrogen and oxygen atoms in total. The van der Waals surface area contributed by atoms with E-state index in [0.29, 0.717) is 18.2 Å². The summed E-state index contributed by atoms with van der Waals surface area (Å²) in [5.41, 5.74) is 4.53. The number of fused-ring (bicyclic) bond motifs is 2. The van der Waals surface area contributed by atoms with Crippen molar-refractivity contribution in [2.24, 2.45) is 0 Å². The molecular formula is C25H33N3O. The van der Waals surface area contributed by atoms with Gasteiger partial charge in [0.15, 0.2) is 0 Å². The number of carbonyl (C=O) groups excluding carboxylic acids is 1. The first-order chi connectivity index (χ1) is 14.1. The summed E-state index contributed by atoms with van der Waals surface area (Å²) < 4.78 is 0. The van der Waals surface area contributed by atoms with Crippen molar-refractivity contribution >= 4 is 5.91 Å². The van der Waals surface area contributed by atoms with Crippen LogP contribution in [0.3, 0.4) is 0 Å². The minimum Gasteiger partial charge on any atom is -0.343 e. The topological polar surface area (TPSA) is 36.4 Å². The molecule has 0 saturated carbocycles. The van der Waals surface area contributed by atoms with E-state index in [0.717, 1.165) is 39.1 Å². The monoisotopic (exact) mass is 391 g/mol. The first-order valence-corrected chi connectivity index (χ1v) is 11.1. The highest BCUT2D eigenvalue weighted by Crippen LogP contribution is 2.52. The molecule has 1 aliphatic carbocycles. The zero-order valence-electron chi connectivity index (χ0n) is 17.8. The number of rotatable bonds is 6. The summed E-state index contributed by atoms with van der Waals surface area (Å²) in [6.07, 6.45) is 7.91. The molecule has 29 heavy (non-hydrogen) atoms. The highest BCUT2D eigenvalue weighted by atomic mass is 16.2. The second-order valence-corrected chi connectivity index (χ2v) is 8.67. The third-order valence-electron chi connectivity index (χ3n) is 7.11. The third-order valence-corrected chi connectivity index (χ3v) is 7.11. The summed E-state index contributed by atoms with van der Waals surface area (Å²) in [6.45, 7) is 9.00. The van der Waals surface area contributed by atoms with Crippen LogP contribution in [0.4, 0.5) is 0 Å². The first kappa shape index (κ1) is 20.1. The first-order valence-electron chi connectivity index (χ1n) is 11.1. The lowest BCUT2D eigenvalue weighted by Gasteiger charge is -2.40. The fraction of sp³-hybridized carbons (Fsp3) is 0.520. The zero-order chi connectivity index (χ0) is 20.3. The van der Waals surface area contributed by atoms with E-state index in [2.05, 4.69) is 60.1 Å². The highest BCUT2D eigenvalue weighted by molar-refractivity contribution is 5.77. The van der Waals surface area contributed by atoms with Gasteiger partial charge in [-0.25, -0.2) is 0 Å². The van der Waals surface area contributed by atoms with Crippen LogP contribution in [0.1, 0.15) is 62.1 Å². The van der Waals surface area contributed by atoms with E-state index in [9.17, 15) is 4.79 Å². The molecule has 1 saturated heterocycles. The Morgan fingerprint density at radius 2 is 1.79 bits per heavy atom. The van der Waals surface area contributed by atoms with E-state index in [4.69, 9.17) is 0 Å². The normalized spacial score (nSPS) is 20.6. The van der Waals surface area contributed by atoms with Gasteiger partial charge in [0.1, 0.15) is 0 Å².